The van der Waals surface area contributed by atoms with Gasteiger partial charge in [0.1, 0.15) is 0 Å². The van der Waals surface area contributed by atoms with Crippen LogP contribution in [0, 0.1) is 0 Å². The van der Waals surface area contributed by atoms with E-state index in [-0.39, 0.29) is 11.9 Å². The molecule has 0 unspecified atom stereocenters. The normalized spacial score (nSPS) is 16.7. The van der Waals surface area contributed by atoms with Gasteiger partial charge in [-0.2, -0.15) is 0 Å². The number of hydrogen-bond donors (Lipinski definition) is 1. The highest BCUT2D eigenvalue weighted by atomic mass is 27.0. The van der Waals surface area contributed by atoms with E-state index in [0.29, 0.717) is 6.42 Å². The summed E-state index contributed by atoms with van der Waals surface area (Å²) in [7, 11) is 0. The van der Waals surface area contributed by atoms with Crippen molar-refractivity contribution in [3.63, 3.8) is 0 Å². The number of aromatic nitrogens is 2. The van der Waals surface area contributed by atoms with Crippen molar-refractivity contribution in [3.05, 3.63) is 66.2 Å². The number of likely N-dealkylation sites (tertiary alicyclic amines) is 1. The Morgan fingerprint density at radius 2 is 2.07 bits per heavy atom. The van der Waals surface area contributed by atoms with Crippen LogP contribution < -0.4 is 5.32 Å². The third-order valence-electron chi connectivity index (χ3n) is 5.60. The van der Waals surface area contributed by atoms with Crippen molar-refractivity contribution >= 4 is 33.0 Å². The molecule has 1 fully saturated rings. The van der Waals surface area contributed by atoms with Gasteiger partial charge in [-0.15, -0.1) is 0 Å². The summed E-state index contributed by atoms with van der Waals surface area (Å²) >= 11 is 2.68. The zero-order valence-corrected chi connectivity index (χ0v) is 17.2. The van der Waals surface area contributed by atoms with Gasteiger partial charge in [0.25, 0.3) is 0 Å². The summed E-state index contributed by atoms with van der Waals surface area (Å²) in [5.74, 6) is 0.203. The molecule has 6 heteroatoms. The number of carbonyl (C=O) groups is 1. The molecule has 1 N–H and O–H groups in total. The van der Waals surface area contributed by atoms with Gasteiger partial charge in [-0.25, -0.2) is 4.98 Å². The van der Waals surface area contributed by atoms with E-state index in [4.69, 9.17) is 0 Å². The van der Waals surface area contributed by atoms with Crippen LogP contribution in [0.2, 0.25) is 0 Å². The minimum absolute atomic E-state index is 0.203. The predicted molar refractivity (Wildman–Crippen MR) is 112 cm³/mol. The van der Waals surface area contributed by atoms with Gasteiger partial charge in [-0.1, -0.05) is 42.5 Å². The Hall–Kier alpha value is -2.13. The quantitative estimate of drug-likeness (QED) is 0.633. The van der Waals surface area contributed by atoms with Crippen LogP contribution in [0.5, 0.6) is 0 Å². The first-order valence-electron chi connectivity index (χ1n) is 9.92. The number of nitrogens with zero attached hydrogens (tertiary/aromatic N) is 3. The molecule has 0 bridgehead atoms. The van der Waals surface area contributed by atoms with E-state index in [1.54, 1.807) is 12.5 Å². The molecule has 2 radical (unpaired) electrons. The topological polar surface area (TPSA) is 50.2 Å². The molecule has 4 rings (SSSR count). The molecule has 1 atom stereocenters. The Morgan fingerprint density at radius 1 is 1.21 bits per heavy atom. The van der Waals surface area contributed by atoms with Crippen LogP contribution in [-0.2, 0) is 23.2 Å². The predicted octanol–water partition coefficient (Wildman–Crippen LogP) is 2.49. The molecular formula is C22H25AlN4O. The lowest BCUT2D eigenvalue weighted by molar-refractivity contribution is -0.131. The molecule has 3 aromatic rings. The monoisotopic (exact) mass is 388 g/mol. The Morgan fingerprint density at radius 3 is 2.96 bits per heavy atom. The lowest BCUT2D eigenvalue weighted by atomic mass is 10.0. The minimum atomic E-state index is 0.203. The van der Waals surface area contributed by atoms with Gasteiger partial charge in [0.2, 0.25) is 5.91 Å². The van der Waals surface area contributed by atoms with E-state index >= 15 is 0 Å². The number of nitrogens with one attached hydrogen (secondary N) is 1. The Bertz CT molecular complexity index is 949. The van der Waals surface area contributed by atoms with Crippen LogP contribution in [0.3, 0.4) is 0 Å². The number of carbonyl (C=O) groups excluding carboxylic acids is 1. The highest BCUT2D eigenvalue weighted by Gasteiger charge is 2.28. The van der Waals surface area contributed by atoms with Gasteiger partial charge in [0, 0.05) is 37.6 Å². The van der Waals surface area contributed by atoms with Gasteiger partial charge in [-0.05, 0) is 34.6 Å². The van der Waals surface area contributed by atoms with Crippen LogP contribution in [0.15, 0.2) is 55.0 Å². The van der Waals surface area contributed by atoms with Crippen molar-refractivity contribution in [1.29, 1.82) is 0 Å². The number of amides is 1. The van der Waals surface area contributed by atoms with Crippen LogP contribution in [0.4, 0.5) is 0 Å². The summed E-state index contributed by atoms with van der Waals surface area (Å²) in [6, 6.07) is 15.2. The van der Waals surface area contributed by atoms with Crippen LogP contribution in [0.25, 0.3) is 10.8 Å². The molecule has 2 heterocycles. The summed E-state index contributed by atoms with van der Waals surface area (Å²) in [6.45, 7) is 2.51. The van der Waals surface area contributed by atoms with Crippen LogP contribution >= 0.6 is 0 Å². The van der Waals surface area contributed by atoms with Crippen molar-refractivity contribution in [2.45, 2.75) is 37.3 Å². The molecule has 1 aliphatic heterocycles. The van der Waals surface area contributed by atoms with Gasteiger partial charge >= 0.3 is 0 Å². The zero-order chi connectivity index (χ0) is 19.3. The maximum atomic E-state index is 12.8. The van der Waals surface area contributed by atoms with E-state index in [2.05, 4.69) is 74.0 Å². The number of imidazole rings is 1. The smallest absolute Gasteiger partial charge is 0.228 e. The average molecular weight is 388 g/mol. The third kappa shape index (κ3) is 4.15. The van der Waals surface area contributed by atoms with Gasteiger partial charge < -0.3 is 14.8 Å². The molecule has 0 aliphatic carbocycles. The minimum Gasteiger partial charge on any atom is -0.350 e. The molecule has 1 amide bonds. The maximum Gasteiger partial charge on any atom is 0.228 e. The lowest BCUT2D eigenvalue weighted by Gasteiger charge is -2.25. The second kappa shape index (κ2) is 8.92. The summed E-state index contributed by atoms with van der Waals surface area (Å²) in [5.41, 5.74) is 2.28. The largest absolute Gasteiger partial charge is 0.350 e. The summed E-state index contributed by atoms with van der Waals surface area (Å²) in [6.07, 6.45) is 6.15. The SMILES string of the molecule is O=C(Cc1cncn1[CH2][Al])N1CCC[C@H]1CNCc1cccc2ccccc12. The van der Waals surface area contributed by atoms with E-state index in [1.807, 2.05) is 4.57 Å². The summed E-state index contributed by atoms with van der Waals surface area (Å²) < 4.78 is 2.01. The molecule has 142 valence electrons. The van der Waals surface area contributed by atoms with Gasteiger partial charge in [-0.3, -0.25) is 4.79 Å². The van der Waals surface area contributed by atoms with E-state index in [9.17, 15) is 4.79 Å². The molecule has 1 saturated heterocycles. The molecule has 0 saturated carbocycles. The second-order valence-corrected chi connectivity index (χ2v) is 7.73. The number of hydrogen-bond acceptors (Lipinski definition) is 3. The average Bonchev–Trinajstić information content (AvgIpc) is 3.37. The van der Waals surface area contributed by atoms with E-state index in [0.717, 1.165) is 43.6 Å². The van der Waals surface area contributed by atoms with Crippen molar-refractivity contribution in [2.24, 2.45) is 0 Å². The molecular weight excluding hydrogens is 363 g/mol. The van der Waals surface area contributed by atoms with Crippen molar-refractivity contribution in [2.75, 3.05) is 13.1 Å². The van der Waals surface area contributed by atoms with Crippen molar-refractivity contribution in [3.8, 4) is 0 Å². The first kappa shape index (κ1) is 19.2. The van der Waals surface area contributed by atoms with Crippen LogP contribution in [-0.4, -0.2) is 55.8 Å². The van der Waals surface area contributed by atoms with Crippen molar-refractivity contribution < 1.29 is 4.79 Å². The fourth-order valence-electron chi connectivity index (χ4n) is 4.11. The first-order valence-corrected chi connectivity index (χ1v) is 10.7. The Kier molecular flexibility index (Phi) is 6.11. The molecule has 1 aliphatic rings. The summed E-state index contributed by atoms with van der Waals surface area (Å²) in [4.78, 5) is 19.1. The lowest BCUT2D eigenvalue weighted by Crippen LogP contribution is -2.42. The highest BCUT2D eigenvalue weighted by Crippen LogP contribution is 2.20. The number of benzene rings is 2. The molecule has 1 aromatic heterocycles. The fraction of sp³-hybridized carbons (Fsp3) is 0.364. The summed E-state index contributed by atoms with van der Waals surface area (Å²) in [5, 5.41) is 6.91. The number of fused-ring (bicyclic) bond motifs is 1. The fourth-order valence-corrected chi connectivity index (χ4v) is 4.44. The standard InChI is InChI=1S/C22H25N4O.Al/c1-25-16-24-15-20(25)12-22(27)26-11-5-9-19(26)14-23-13-18-8-4-7-17-6-2-3-10-21(17)18;/h2-4,6-8,10,15-16,19,23H,1,5,9,11-14H2;/t19-;/m0./s1. The number of rotatable bonds is 7. The third-order valence-corrected chi connectivity index (χ3v) is 5.99. The molecule has 0 spiro atoms. The molecule has 2 aromatic carbocycles. The van der Waals surface area contributed by atoms with Gasteiger partial charge in [0.15, 0.2) is 16.3 Å². The second-order valence-electron chi connectivity index (χ2n) is 7.37. The van der Waals surface area contributed by atoms with Crippen LogP contribution in [0.1, 0.15) is 24.1 Å². The Labute approximate surface area is 174 Å². The van der Waals surface area contributed by atoms with Gasteiger partial charge in [0.05, 0.1) is 12.7 Å². The maximum absolute atomic E-state index is 12.8. The first-order chi connectivity index (χ1) is 13.8. The Balaban J connectivity index is 1.35. The van der Waals surface area contributed by atoms with E-state index < -0.39 is 0 Å². The molecule has 28 heavy (non-hydrogen) atoms. The highest BCUT2D eigenvalue weighted by molar-refractivity contribution is 6.06. The van der Waals surface area contributed by atoms with E-state index in [1.165, 1.54) is 16.3 Å². The van der Waals surface area contributed by atoms with Crippen molar-refractivity contribution in [1.82, 2.24) is 19.8 Å². The molecule has 5 nitrogen and oxygen atoms in total. The zero-order valence-electron chi connectivity index (χ0n) is 16.1.